The van der Waals surface area contributed by atoms with Crippen LogP contribution < -0.4 is 4.74 Å². The molecule has 0 spiro atoms. The highest BCUT2D eigenvalue weighted by atomic mass is 79.9. The Morgan fingerprint density at radius 1 is 0.938 bits per heavy atom. The lowest BCUT2D eigenvalue weighted by Gasteiger charge is -2.11. The van der Waals surface area contributed by atoms with Gasteiger partial charge in [-0.05, 0) is 24.6 Å². The predicted molar refractivity (Wildman–Crippen MR) is 70.3 cm³/mol. The van der Waals surface area contributed by atoms with E-state index < -0.39 is 0 Å². The van der Waals surface area contributed by atoms with Crippen molar-refractivity contribution in [3.8, 4) is 11.5 Å². The van der Waals surface area contributed by atoms with Gasteiger partial charge in [-0.1, -0.05) is 52.3 Å². The van der Waals surface area contributed by atoms with Crippen molar-refractivity contribution in [1.29, 1.82) is 0 Å². The van der Waals surface area contributed by atoms with Crippen molar-refractivity contribution in [2.75, 3.05) is 0 Å². The smallest absolute Gasteiger partial charge is 0.131 e. The minimum Gasteiger partial charge on any atom is -0.457 e. The Morgan fingerprint density at radius 2 is 1.56 bits per heavy atom. The van der Waals surface area contributed by atoms with Gasteiger partial charge in [0.05, 0.1) is 0 Å². The van der Waals surface area contributed by atoms with Gasteiger partial charge in [-0.3, -0.25) is 0 Å². The number of para-hydroxylation sites is 2. The second-order valence-electron chi connectivity index (χ2n) is 3.61. The van der Waals surface area contributed by atoms with Crippen LogP contribution in [0.25, 0.3) is 0 Å². The van der Waals surface area contributed by atoms with Crippen molar-refractivity contribution in [3.05, 3.63) is 59.7 Å². The lowest BCUT2D eigenvalue weighted by molar-refractivity contribution is 0.475. The van der Waals surface area contributed by atoms with Gasteiger partial charge in [-0.2, -0.15) is 0 Å². The first-order valence-electron chi connectivity index (χ1n) is 5.18. The van der Waals surface area contributed by atoms with E-state index in [9.17, 15) is 0 Å². The standard InChI is InChI=1S/C14H13BrO/c1-11-6-2-4-8-13(11)16-14-9-5-3-7-12(14)10-15/h2-9H,10H2,1H3. The zero-order valence-corrected chi connectivity index (χ0v) is 10.7. The summed E-state index contributed by atoms with van der Waals surface area (Å²) in [7, 11) is 0. The van der Waals surface area contributed by atoms with E-state index in [1.54, 1.807) is 0 Å². The molecule has 2 heteroatoms. The molecule has 0 aliphatic rings. The molecule has 0 saturated heterocycles. The maximum atomic E-state index is 5.90. The van der Waals surface area contributed by atoms with Crippen LogP contribution in [-0.2, 0) is 5.33 Å². The average molecular weight is 277 g/mol. The van der Waals surface area contributed by atoms with Gasteiger partial charge in [0, 0.05) is 10.9 Å². The van der Waals surface area contributed by atoms with Crippen LogP contribution in [0.4, 0.5) is 0 Å². The highest BCUT2D eigenvalue weighted by Gasteiger charge is 2.04. The fraction of sp³-hybridized carbons (Fsp3) is 0.143. The fourth-order valence-electron chi connectivity index (χ4n) is 1.50. The molecule has 0 N–H and O–H groups in total. The van der Waals surface area contributed by atoms with E-state index in [1.165, 1.54) is 0 Å². The Kier molecular flexibility index (Phi) is 3.62. The molecule has 2 aromatic rings. The van der Waals surface area contributed by atoms with Crippen LogP contribution in [0.3, 0.4) is 0 Å². The van der Waals surface area contributed by atoms with E-state index in [2.05, 4.69) is 22.0 Å². The van der Waals surface area contributed by atoms with E-state index in [-0.39, 0.29) is 0 Å². The first-order valence-corrected chi connectivity index (χ1v) is 6.31. The molecular formula is C14H13BrO. The van der Waals surface area contributed by atoms with E-state index in [0.29, 0.717) is 0 Å². The summed E-state index contributed by atoms with van der Waals surface area (Å²) in [6.07, 6.45) is 0. The molecule has 16 heavy (non-hydrogen) atoms. The van der Waals surface area contributed by atoms with Gasteiger partial charge in [0.2, 0.25) is 0 Å². The number of ether oxygens (including phenoxy) is 1. The van der Waals surface area contributed by atoms with Gasteiger partial charge in [0.25, 0.3) is 0 Å². The van der Waals surface area contributed by atoms with Gasteiger partial charge in [0.1, 0.15) is 11.5 Å². The van der Waals surface area contributed by atoms with Crippen LogP contribution in [0.15, 0.2) is 48.5 Å². The molecule has 0 atom stereocenters. The molecule has 0 unspecified atom stereocenters. The summed E-state index contributed by atoms with van der Waals surface area (Å²) in [5, 5.41) is 0.801. The van der Waals surface area contributed by atoms with Crippen molar-refractivity contribution < 1.29 is 4.74 Å². The van der Waals surface area contributed by atoms with E-state index in [4.69, 9.17) is 4.74 Å². The number of hydrogen-bond acceptors (Lipinski definition) is 1. The molecule has 0 bridgehead atoms. The van der Waals surface area contributed by atoms with Gasteiger partial charge < -0.3 is 4.74 Å². The Morgan fingerprint density at radius 3 is 2.25 bits per heavy atom. The number of halogens is 1. The predicted octanol–water partition coefficient (Wildman–Crippen LogP) is 4.68. The van der Waals surface area contributed by atoms with Gasteiger partial charge in [-0.25, -0.2) is 0 Å². The Balaban J connectivity index is 2.30. The molecular weight excluding hydrogens is 264 g/mol. The maximum absolute atomic E-state index is 5.90. The van der Waals surface area contributed by atoms with Crippen LogP contribution in [0.1, 0.15) is 11.1 Å². The zero-order valence-electron chi connectivity index (χ0n) is 9.11. The first kappa shape index (κ1) is 11.2. The third-order valence-corrected chi connectivity index (χ3v) is 3.03. The lowest BCUT2D eigenvalue weighted by atomic mass is 10.2. The van der Waals surface area contributed by atoms with Crippen molar-refractivity contribution in [1.82, 2.24) is 0 Å². The molecule has 0 radical (unpaired) electrons. The highest BCUT2D eigenvalue weighted by Crippen LogP contribution is 2.28. The monoisotopic (exact) mass is 276 g/mol. The molecule has 1 nitrogen and oxygen atoms in total. The molecule has 82 valence electrons. The summed E-state index contributed by atoms with van der Waals surface area (Å²) in [5.74, 6) is 1.82. The number of rotatable bonds is 3. The molecule has 0 saturated carbocycles. The van der Waals surface area contributed by atoms with E-state index in [1.807, 2.05) is 49.4 Å². The topological polar surface area (TPSA) is 9.23 Å². The third kappa shape index (κ3) is 2.45. The summed E-state index contributed by atoms with van der Waals surface area (Å²) in [6, 6.07) is 16.1. The number of aryl methyl sites for hydroxylation is 1. The number of hydrogen-bond donors (Lipinski definition) is 0. The molecule has 0 fully saturated rings. The second kappa shape index (κ2) is 5.17. The first-order chi connectivity index (χ1) is 7.81. The molecule has 0 aliphatic carbocycles. The summed E-state index contributed by atoms with van der Waals surface area (Å²) in [5.41, 5.74) is 2.30. The quantitative estimate of drug-likeness (QED) is 0.740. The van der Waals surface area contributed by atoms with Crippen LogP contribution in [0, 0.1) is 6.92 Å². The van der Waals surface area contributed by atoms with Gasteiger partial charge >= 0.3 is 0 Å². The molecule has 2 rings (SSSR count). The highest BCUT2D eigenvalue weighted by molar-refractivity contribution is 9.08. The van der Waals surface area contributed by atoms with Gasteiger partial charge in [0.15, 0.2) is 0 Å². The maximum Gasteiger partial charge on any atom is 0.131 e. The second-order valence-corrected chi connectivity index (χ2v) is 4.17. The SMILES string of the molecule is Cc1ccccc1Oc1ccccc1CBr. The Bertz CT molecular complexity index is 480. The molecule has 0 aromatic heterocycles. The summed E-state index contributed by atoms with van der Waals surface area (Å²) >= 11 is 3.46. The number of benzene rings is 2. The minimum absolute atomic E-state index is 0.801. The Hall–Kier alpha value is -1.28. The molecule has 0 heterocycles. The molecule has 0 amide bonds. The van der Waals surface area contributed by atoms with Crippen molar-refractivity contribution in [2.45, 2.75) is 12.3 Å². The fourth-order valence-corrected chi connectivity index (χ4v) is 1.97. The molecule has 2 aromatic carbocycles. The normalized spacial score (nSPS) is 10.1. The van der Waals surface area contributed by atoms with Crippen molar-refractivity contribution in [3.63, 3.8) is 0 Å². The summed E-state index contributed by atoms with van der Waals surface area (Å²) in [6.45, 7) is 2.05. The molecule has 0 aliphatic heterocycles. The van der Waals surface area contributed by atoms with Crippen LogP contribution in [-0.4, -0.2) is 0 Å². The van der Waals surface area contributed by atoms with Crippen LogP contribution >= 0.6 is 15.9 Å². The van der Waals surface area contributed by atoms with Crippen LogP contribution in [0.5, 0.6) is 11.5 Å². The minimum atomic E-state index is 0.801. The van der Waals surface area contributed by atoms with Crippen molar-refractivity contribution >= 4 is 15.9 Å². The van der Waals surface area contributed by atoms with Gasteiger partial charge in [-0.15, -0.1) is 0 Å². The Labute approximate surface area is 104 Å². The van der Waals surface area contributed by atoms with Crippen molar-refractivity contribution in [2.24, 2.45) is 0 Å². The van der Waals surface area contributed by atoms with Crippen LogP contribution in [0.2, 0.25) is 0 Å². The average Bonchev–Trinajstić information content (AvgIpc) is 2.33. The zero-order chi connectivity index (χ0) is 11.4. The number of alkyl halides is 1. The third-order valence-electron chi connectivity index (χ3n) is 2.43. The summed E-state index contributed by atoms with van der Waals surface area (Å²) < 4.78 is 5.90. The summed E-state index contributed by atoms with van der Waals surface area (Å²) in [4.78, 5) is 0. The largest absolute Gasteiger partial charge is 0.457 e. The van der Waals surface area contributed by atoms with E-state index >= 15 is 0 Å². The lowest BCUT2D eigenvalue weighted by Crippen LogP contribution is -1.90. The van der Waals surface area contributed by atoms with E-state index in [0.717, 1.165) is 28.0 Å².